The number of imide groups is 1. The number of ether oxygens (including phenoxy) is 2. The molecular weight excluding hydrogens is 400 g/mol. The predicted molar refractivity (Wildman–Crippen MR) is 116 cm³/mol. The smallest absolute Gasteiger partial charge is 0.298 e. The summed E-state index contributed by atoms with van der Waals surface area (Å²) in [5.41, 5.74) is 4.40. The van der Waals surface area contributed by atoms with Crippen molar-refractivity contribution in [2.45, 2.75) is 13.8 Å². The van der Waals surface area contributed by atoms with Crippen molar-refractivity contribution in [1.82, 2.24) is 4.57 Å². The van der Waals surface area contributed by atoms with Crippen molar-refractivity contribution < 1.29 is 19.1 Å². The third-order valence-electron chi connectivity index (χ3n) is 5.18. The Bertz CT molecular complexity index is 1210. The van der Waals surface area contributed by atoms with Crippen LogP contribution in [0.2, 0.25) is 0 Å². The molecule has 2 amide bonds. The maximum absolute atomic E-state index is 12.9. The van der Waals surface area contributed by atoms with Crippen LogP contribution in [-0.4, -0.2) is 22.5 Å². The third-order valence-corrected chi connectivity index (χ3v) is 6.05. The minimum Gasteiger partial charge on any atom is -0.454 e. The molecule has 0 bridgehead atoms. The van der Waals surface area contributed by atoms with E-state index in [9.17, 15) is 9.59 Å². The Morgan fingerprint density at radius 3 is 2.50 bits per heavy atom. The van der Waals surface area contributed by atoms with Crippen LogP contribution >= 0.6 is 11.8 Å². The van der Waals surface area contributed by atoms with Crippen molar-refractivity contribution >= 4 is 34.7 Å². The Kier molecular flexibility index (Phi) is 4.40. The zero-order valence-electron chi connectivity index (χ0n) is 16.4. The molecule has 0 saturated carbocycles. The van der Waals surface area contributed by atoms with E-state index < -0.39 is 0 Å². The number of carbonyl (C=O) groups is 2. The Labute approximate surface area is 177 Å². The predicted octanol–water partition coefficient (Wildman–Crippen LogP) is 5.06. The Balaban J connectivity index is 1.50. The van der Waals surface area contributed by atoms with Crippen LogP contribution in [-0.2, 0) is 4.79 Å². The zero-order chi connectivity index (χ0) is 20.8. The molecule has 0 atom stereocenters. The van der Waals surface area contributed by atoms with E-state index in [-0.39, 0.29) is 17.9 Å². The number of aromatic nitrogens is 1. The van der Waals surface area contributed by atoms with Gasteiger partial charge in [-0.15, -0.1) is 0 Å². The van der Waals surface area contributed by atoms with E-state index in [1.54, 1.807) is 30.3 Å². The van der Waals surface area contributed by atoms with Gasteiger partial charge in [0, 0.05) is 23.1 Å². The summed E-state index contributed by atoms with van der Waals surface area (Å²) < 4.78 is 13.0. The molecule has 2 aliphatic rings. The number of fused-ring (bicyclic) bond motifs is 1. The van der Waals surface area contributed by atoms with E-state index in [1.165, 1.54) is 4.90 Å². The van der Waals surface area contributed by atoms with Crippen LogP contribution in [0.4, 0.5) is 10.5 Å². The highest BCUT2D eigenvalue weighted by atomic mass is 32.2. The van der Waals surface area contributed by atoms with Gasteiger partial charge in [0.1, 0.15) is 0 Å². The van der Waals surface area contributed by atoms with Crippen molar-refractivity contribution in [2.75, 3.05) is 11.7 Å². The van der Waals surface area contributed by atoms with Crippen molar-refractivity contribution in [1.29, 1.82) is 0 Å². The van der Waals surface area contributed by atoms with Crippen molar-refractivity contribution in [3.63, 3.8) is 0 Å². The molecule has 150 valence electrons. The minimum absolute atomic E-state index is 0.227. The summed E-state index contributed by atoms with van der Waals surface area (Å²) in [4.78, 5) is 27.0. The van der Waals surface area contributed by atoms with Gasteiger partial charge in [-0.25, -0.2) is 4.90 Å². The van der Waals surface area contributed by atoms with Gasteiger partial charge in [0.25, 0.3) is 11.1 Å². The fourth-order valence-electron chi connectivity index (χ4n) is 3.76. The first-order chi connectivity index (χ1) is 14.5. The number of para-hydroxylation sites is 1. The molecule has 1 saturated heterocycles. The van der Waals surface area contributed by atoms with Gasteiger partial charge in [0.05, 0.1) is 10.6 Å². The molecular formula is C23H18N2O4S. The number of rotatable bonds is 3. The summed E-state index contributed by atoms with van der Waals surface area (Å²) in [5.74, 6) is 1.14. The Morgan fingerprint density at radius 1 is 0.933 bits per heavy atom. The molecule has 2 aromatic carbocycles. The first-order valence-electron chi connectivity index (χ1n) is 9.45. The molecule has 1 fully saturated rings. The lowest BCUT2D eigenvalue weighted by Gasteiger charge is -2.11. The van der Waals surface area contributed by atoms with Crippen LogP contribution < -0.4 is 14.4 Å². The maximum atomic E-state index is 12.9. The lowest BCUT2D eigenvalue weighted by molar-refractivity contribution is -0.113. The number of carbonyl (C=O) groups excluding carboxylic acids is 2. The second-order valence-electron chi connectivity index (χ2n) is 7.05. The standard InChI is InChI=1S/C23H18N2O4S/c1-14-10-16(15(2)24(14)18-8-9-19-20(12-18)29-13-28-19)11-21-22(26)25(23(27)30-21)17-6-4-3-5-7-17/h3-12H,13H2,1-2H3/b21-11-. The molecule has 0 spiro atoms. The molecule has 6 nitrogen and oxygen atoms in total. The molecule has 7 heteroatoms. The lowest BCUT2D eigenvalue weighted by Crippen LogP contribution is -2.27. The number of amides is 2. The molecule has 2 aliphatic heterocycles. The first kappa shape index (κ1) is 18.6. The average molecular weight is 418 g/mol. The highest BCUT2D eigenvalue weighted by Gasteiger charge is 2.36. The third kappa shape index (κ3) is 2.98. The topological polar surface area (TPSA) is 60.8 Å². The Morgan fingerprint density at radius 2 is 1.70 bits per heavy atom. The quantitative estimate of drug-likeness (QED) is 0.556. The number of hydrogen-bond donors (Lipinski definition) is 0. The average Bonchev–Trinajstić information content (AvgIpc) is 3.39. The van der Waals surface area contributed by atoms with E-state index in [4.69, 9.17) is 9.47 Å². The van der Waals surface area contributed by atoms with Gasteiger partial charge in [-0.05, 0) is 67.6 Å². The maximum Gasteiger partial charge on any atom is 0.298 e. The number of aryl methyl sites for hydroxylation is 1. The summed E-state index contributed by atoms with van der Waals surface area (Å²) >= 11 is 0.960. The molecule has 0 unspecified atom stereocenters. The molecule has 5 rings (SSSR count). The normalized spacial score (nSPS) is 16.7. The molecule has 30 heavy (non-hydrogen) atoms. The second-order valence-corrected chi connectivity index (χ2v) is 8.05. The summed E-state index contributed by atoms with van der Waals surface area (Å²) in [5, 5.41) is -0.290. The van der Waals surface area contributed by atoms with E-state index in [2.05, 4.69) is 4.57 Å². The molecule has 1 aromatic heterocycles. The summed E-state index contributed by atoms with van der Waals surface area (Å²) in [7, 11) is 0. The summed E-state index contributed by atoms with van der Waals surface area (Å²) in [6.45, 7) is 4.22. The second kappa shape index (κ2) is 7.11. The highest BCUT2D eigenvalue weighted by Crippen LogP contribution is 2.38. The van der Waals surface area contributed by atoms with E-state index in [0.717, 1.165) is 40.2 Å². The minimum atomic E-state index is -0.302. The van der Waals surface area contributed by atoms with Crippen molar-refractivity contribution in [3.05, 3.63) is 76.5 Å². The van der Waals surface area contributed by atoms with Gasteiger partial charge in [0.15, 0.2) is 11.5 Å². The van der Waals surface area contributed by atoms with Gasteiger partial charge < -0.3 is 14.0 Å². The van der Waals surface area contributed by atoms with Crippen LogP contribution in [0.25, 0.3) is 11.8 Å². The number of hydrogen-bond acceptors (Lipinski definition) is 5. The molecule has 0 N–H and O–H groups in total. The first-order valence-corrected chi connectivity index (χ1v) is 10.3. The van der Waals surface area contributed by atoms with Crippen molar-refractivity contribution in [2.24, 2.45) is 0 Å². The van der Waals surface area contributed by atoms with E-state index in [0.29, 0.717) is 16.3 Å². The number of thioether (sulfide) groups is 1. The van der Waals surface area contributed by atoms with Crippen molar-refractivity contribution in [3.8, 4) is 17.2 Å². The van der Waals surface area contributed by atoms with Crippen LogP contribution in [0.3, 0.4) is 0 Å². The SMILES string of the molecule is Cc1cc(/C=C2\SC(=O)N(c3ccccc3)C2=O)c(C)n1-c1ccc2c(c1)OCO2. The van der Waals surface area contributed by atoms with Gasteiger partial charge in [-0.3, -0.25) is 9.59 Å². The largest absolute Gasteiger partial charge is 0.454 e. The molecule has 0 aliphatic carbocycles. The van der Waals surface area contributed by atoms with Crippen LogP contribution in [0.5, 0.6) is 11.5 Å². The Hall–Kier alpha value is -3.45. The molecule has 3 heterocycles. The van der Waals surface area contributed by atoms with Gasteiger partial charge in [0.2, 0.25) is 6.79 Å². The van der Waals surface area contributed by atoms with E-state index in [1.807, 2.05) is 44.2 Å². The van der Waals surface area contributed by atoms with E-state index >= 15 is 0 Å². The van der Waals surface area contributed by atoms with Gasteiger partial charge >= 0.3 is 0 Å². The fourth-order valence-corrected chi connectivity index (χ4v) is 4.60. The van der Waals surface area contributed by atoms with Crippen LogP contribution in [0.1, 0.15) is 17.0 Å². The van der Waals surface area contributed by atoms with Crippen LogP contribution in [0, 0.1) is 13.8 Å². The molecule has 0 radical (unpaired) electrons. The summed E-state index contributed by atoms with van der Waals surface area (Å²) in [6.07, 6.45) is 1.79. The lowest BCUT2D eigenvalue weighted by atomic mass is 10.2. The zero-order valence-corrected chi connectivity index (χ0v) is 17.2. The molecule has 3 aromatic rings. The van der Waals surface area contributed by atoms with Gasteiger partial charge in [-0.1, -0.05) is 18.2 Å². The van der Waals surface area contributed by atoms with Crippen LogP contribution in [0.15, 0.2) is 59.5 Å². The number of nitrogens with zero attached hydrogens (tertiary/aromatic N) is 2. The fraction of sp³-hybridized carbons (Fsp3) is 0.130. The number of benzene rings is 2. The summed E-state index contributed by atoms with van der Waals surface area (Å²) in [6, 6.07) is 16.8. The highest BCUT2D eigenvalue weighted by molar-refractivity contribution is 8.19. The van der Waals surface area contributed by atoms with Gasteiger partial charge in [-0.2, -0.15) is 0 Å². The number of anilines is 1. The monoisotopic (exact) mass is 418 g/mol.